The number of hydrogen-bond acceptors (Lipinski definition) is 5. The number of carbonyl (C=O) groups excluding carboxylic acids is 1. The van der Waals surface area contributed by atoms with Crippen LogP contribution in [-0.4, -0.2) is 39.7 Å². The van der Waals surface area contributed by atoms with Crippen molar-refractivity contribution in [1.82, 2.24) is 4.90 Å². The van der Waals surface area contributed by atoms with Crippen LogP contribution in [0.4, 0.5) is 0 Å². The fourth-order valence-electron chi connectivity index (χ4n) is 5.06. The van der Waals surface area contributed by atoms with Crippen LogP contribution in [0.15, 0.2) is 21.3 Å². The van der Waals surface area contributed by atoms with Gasteiger partial charge in [0.1, 0.15) is 11.3 Å². The van der Waals surface area contributed by atoms with Crippen molar-refractivity contribution >= 4 is 16.9 Å². The molecule has 1 saturated carbocycles. The van der Waals surface area contributed by atoms with Crippen molar-refractivity contribution < 1.29 is 19.4 Å². The van der Waals surface area contributed by atoms with Gasteiger partial charge >= 0.3 is 5.63 Å². The van der Waals surface area contributed by atoms with E-state index < -0.39 is 11.2 Å². The molecule has 1 aromatic carbocycles. The molecular formula is C23H29NO5. The molecule has 0 bridgehead atoms. The van der Waals surface area contributed by atoms with E-state index in [4.69, 9.17) is 4.42 Å². The molecule has 0 unspecified atom stereocenters. The average molecular weight is 399 g/mol. The number of aryl methyl sites for hydroxylation is 2. The molecule has 2 heterocycles. The minimum Gasteiger partial charge on any atom is -0.508 e. The molecule has 1 saturated heterocycles. The van der Waals surface area contributed by atoms with E-state index in [-0.39, 0.29) is 24.0 Å². The normalized spacial score (nSPS) is 24.5. The maximum absolute atomic E-state index is 12.8. The Kier molecular flexibility index (Phi) is 5.15. The van der Waals surface area contributed by atoms with Crippen molar-refractivity contribution in [1.29, 1.82) is 0 Å². The monoisotopic (exact) mass is 399 g/mol. The van der Waals surface area contributed by atoms with Crippen LogP contribution >= 0.6 is 0 Å². The third kappa shape index (κ3) is 3.54. The molecule has 2 atom stereocenters. The Morgan fingerprint density at radius 3 is 2.83 bits per heavy atom. The van der Waals surface area contributed by atoms with Gasteiger partial charge in [0.15, 0.2) is 0 Å². The molecule has 1 amide bonds. The predicted molar refractivity (Wildman–Crippen MR) is 110 cm³/mol. The summed E-state index contributed by atoms with van der Waals surface area (Å²) in [4.78, 5) is 27.2. The molecule has 0 spiro atoms. The van der Waals surface area contributed by atoms with E-state index in [9.17, 15) is 19.8 Å². The van der Waals surface area contributed by atoms with Crippen LogP contribution in [-0.2, 0) is 11.2 Å². The highest BCUT2D eigenvalue weighted by Crippen LogP contribution is 2.40. The van der Waals surface area contributed by atoms with Gasteiger partial charge in [-0.25, -0.2) is 4.79 Å². The maximum Gasteiger partial charge on any atom is 0.339 e. The molecule has 156 valence electrons. The van der Waals surface area contributed by atoms with Crippen LogP contribution in [0.25, 0.3) is 11.0 Å². The summed E-state index contributed by atoms with van der Waals surface area (Å²) in [6.07, 6.45) is 5.21. The van der Waals surface area contributed by atoms with Crippen LogP contribution in [0.3, 0.4) is 0 Å². The summed E-state index contributed by atoms with van der Waals surface area (Å²) in [6.45, 7) is 4.76. The number of phenols is 1. The van der Waals surface area contributed by atoms with Crippen LogP contribution < -0.4 is 5.63 Å². The highest BCUT2D eigenvalue weighted by atomic mass is 16.4. The van der Waals surface area contributed by atoms with Gasteiger partial charge in [-0.3, -0.25) is 4.79 Å². The molecular weight excluding hydrogens is 370 g/mol. The summed E-state index contributed by atoms with van der Waals surface area (Å²) >= 11 is 0. The van der Waals surface area contributed by atoms with Crippen LogP contribution in [0.1, 0.15) is 55.2 Å². The number of carbonyl (C=O) groups is 1. The molecule has 2 N–H and O–H groups in total. The lowest BCUT2D eigenvalue weighted by atomic mass is 9.71. The number of benzene rings is 1. The largest absolute Gasteiger partial charge is 0.508 e. The molecule has 1 aliphatic carbocycles. The van der Waals surface area contributed by atoms with Crippen LogP contribution in [0.5, 0.6) is 5.75 Å². The van der Waals surface area contributed by atoms with Crippen molar-refractivity contribution in [3.05, 3.63) is 39.2 Å². The first-order chi connectivity index (χ1) is 13.8. The molecule has 29 heavy (non-hydrogen) atoms. The quantitative estimate of drug-likeness (QED) is 0.774. The lowest BCUT2D eigenvalue weighted by molar-refractivity contribution is -0.143. The summed E-state index contributed by atoms with van der Waals surface area (Å²) in [5.74, 6) is 0.284. The Hall–Kier alpha value is -2.34. The van der Waals surface area contributed by atoms with E-state index in [0.29, 0.717) is 42.6 Å². The van der Waals surface area contributed by atoms with Crippen LogP contribution in [0, 0.1) is 19.8 Å². The van der Waals surface area contributed by atoms with Crippen molar-refractivity contribution in [2.75, 3.05) is 13.1 Å². The summed E-state index contributed by atoms with van der Waals surface area (Å²) in [7, 11) is 0. The molecule has 1 aliphatic heterocycles. The SMILES string of the molecule is Cc1c(CCC(=O)N2CC[C@@]3(O)CCCC[C@H]3C2)c(=O)oc2c(C)c(O)ccc12. The van der Waals surface area contributed by atoms with Gasteiger partial charge < -0.3 is 19.5 Å². The van der Waals surface area contributed by atoms with Gasteiger partial charge in [0, 0.05) is 41.9 Å². The zero-order valence-electron chi connectivity index (χ0n) is 17.2. The predicted octanol–water partition coefficient (Wildman–Crippen LogP) is 3.20. The van der Waals surface area contributed by atoms with Crippen molar-refractivity contribution in [3.8, 4) is 5.75 Å². The molecule has 4 rings (SSSR count). The summed E-state index contributed by atoms with van der Waals surface area (Å²) in [5.41, 5.74) is 1.20. The van der Waals surface area contributed by atoms with E-state index in [1.54, 1.807) is 19.1 Å². The lowest BCUT2D eigenvalue weighted by Gasteiger charge is -2.47. The third-order valence-electron chi connectivity index (χ3n) is 7.04. The fourth-order valence-corrected chi connectivity index (χ4v) is 5.06. The third-order valence-corrected chi connectivity index (χ3v) is 7.04. The van der Waals surface area contributed by atoms with Gasteiger partial charge in [0.25, 0.3) is 0 Å². The standard InChI is InChI=1S/C23H29NO5/c1-14-17-6-8-19(25)15(2)21(17)29-22(27)18(14)7-9-20(26)24-12-11-23(28)10-4-3-5-16(23)13-24/h6,8,16,25,28H,3-5,7,9-13H2,1-2H3/t16-,23-/m0/s1. The number of aromatic hydroxyl groups is 1. The number of hydrogen-bond donors (Lipinski definition) is 2. The molecule has 2 aromatic rings. The number of likely N-dealkylation sites (tertiary alicyclic amines) is 1. The Morgan fingerprint density at radius 1 is 1.24 bits per heavy atom. The highest BCUT2D eigenvalue weighted by Gasteiger charge is 2.43. The number of phenolic OH excluding ortho intramolecular Hbond substituents is 1. The Balaban J connectivity index is 1.49. The van der Waals surface area contributed by atoms with Gasteiger partial charge in [0.2, 0.25) is 5.91 Å². The number of aliphatic hydroxyl groups is 1. The Morgan fingerprint density at radius 2 is 2.03 bits per heavy atom. The van der Waals surface area contributed by atoms with Crippen LogP contribution in [0.2, 0.25) is 0 Å². The molecule has 1 aromatic heterocycles. The van der Waals surface area contributed by atoms with E-state index in [1.165, 1.54) is 0 Å². The zero-order chi connectivity index (χ0) is 20.8. The first kappa shape index (κ1) is 20.0. The highest BCUT2D eigenvalue weighted by molar-refractivity contribution is 5.85. The van der Waals surface area contributed by atoms with E-state index >= 15 is 0 Å². The Labute approximate surface area is 170 Å². The molecule has 2 fully saturated rings. The van der Waals surface area contributed by atoms with E-state index in [2.05, 4.69) is 0 Å². The smallest absolute Gasteiger partial charge is 0.339 e. The number of amides is 1. The first-order valence-corrected chi connectivity index (χ1v) is 10.5. The van der Waals surface area contributed by atoms with Gasteiger partial charge in [-0.05, 0) is 57.2 Å². The summed E-state index contributed by atoms with van der Waals surface area (Å²) < 4.78 is 5.47. The fraction of sp³-hybridized carbons (Fsp3) is 0.565. The minimum absolute atomic E-state index is 0.0263. The van der Waals surface area contributed by atoms with Gasteiger partial charge in [0.05, 0.1) is 5.60 Å². The van der Waals surface area contributed by atoms with Crippen molar-refractivity contribution in [2.24, 2.45) is 5.92 Å². The second kappa shape index (κ2) is 7.48. The Bertz CT molecular complexity index is 1010. The second-order valence-corrected chi connectivity index (χ2v) is 8.72. The number of rotatable bonds is 3. The van der Waals surface area contributed by atoms with Crippen molar-refractivity contribution in [3.63, 3.8) is 0 Å². The van der Waals surface area contributed by atoms with Gasteiger partial charge in [-0.1, -0.05) is 12.8 Å². The second-order valence-electron chi connectivity index (χ2n) is 8.72. The molecule has 6 nitrogen and oxygen atoms in total. The number of nitrogens with zero attached hydrogens (tertiary/aromatic N) is 1. The van der Waals surface area contributed by atoms with E-state index in [0.717, 1.165) is 36.6 Å². The molecule has 2 aliphatic rings. The minimum atomic E-state index is -0.603. The first-order valence-electron chi connectivity index (χ1n) is 10.5. The van der Waals surface area contributed by atoms with Gasteiger partial charge in [-0.15, -0.1) is 0 Å². The zero-order valence-corrected chi connectivity index (χ0v) is 17.2. The van der Waals surface area contributed by atoms with Gasteiger partial charge in [-0.2, -0.15) is 0 Å². The topological polar surface area (TPSA) is 91.0 Å². The molecule has 6 heteroatoms. The van der Waals surface area contributed by atoms with E-state index in [1.807, 2.05) is 11.8 Å². The average Bonchev–Trinajstić information content (AvgIpc) is 2.70. The summed E-state index contributed by atoms with van der Waals surface area (Å²) in [5, 5.41) is 21.4. The molecule has 0 radical (unpaired) electrons. The maximum atomic E-state index is 12.8. The summed E-state index contributed by atoms with van der Waals surface area (Å²) in [6, 6.07) is 3.34. The lowest BCUT2D eigenvalue weighted by Crippen LogP contribution is -2.54. The number of piperidine rings is 1. The van der Waals surface area contributed by atoms with Crippen molar-refractivity contribution in [2.45, 2.75) is 64.4 Å². The number of fused-ring (bicyclic) bond motifs is 2.